The standard InChI is InChI=1S/C17H10Br2N2O3S/c18-10-1-3-11(4-2-10)20-17-21-16(22)15(25-17)6-9-5-13-14(7-12(9)19)24-8-23-13/h1-7H,8H2,(H,20,21,22)/b15-6+. The number of thioether (sulfide) groups is 1. The summed E-state index contributed by atoms with van der Waals surface area (Å²) >= 11 is 8.18. The van der Waals surface area contributed by atoms with Crippen molar-refractivity contribution in [1.29, 1.82) is 0 Å². The molecule has 126 valence electrons. The zero-order chi connectivity index (χ0) is 17.4. The Morgan fingerprint density at radius 1 is 1.12 bits per heavy atom. The van der Waals surface area contributed by atoms with Crippen LogP contribution in [0.25, 0.3) is 6.08 Å². The SMILES string of the molecule is O=C1NC(=Nc2ccc(Br)cc2)S/C1=C/c1cc2c(cc1Br)OCO2. The van der Waals surface area contributed by atoms with Crippen LogP contribution < -0.4 is 14.8 Å². The number of nitrogens with zero attached hydrogens (tertiary/aromatic N) is 1. The fraction of sp³-hybridized carbons (Fsp3) is 0.0588. The summed E-state index contributed by atoms with van der Waals surface area (Å²) in [5.74, 6) is 1.18. The molecule has 1 saturated heterocycles. The molecule has 1 amide bonds. The van der Waals surface area contributed by atoms with E-state index in [0.717, 1.165) is 20.2 Å². The van der Waals surface area contributed by atoms with Crippen molar-refractivity contribution in [2.24, 2.45) is 4.99 Å². The Bertz CT molecular complexity index is 926. The van der Waals surface area contributed by atoms with Crippen LogP contribution in [0, 0.1) is 0 Å². The van der Waals surface area contributed by atoms with E-state index in [1.54, 1.807) is 6.08 Å². The van der Waals surface area contributed by atoms with E-state index in [4.69, 9.17) is 9.47 Å². The van der Waals surface area contributed by atoms with Gasteiger partial charge in [0.05, 0.1) is 10.6 Å². The summed E-state index contributed by atoms with van der Waals surface area (Å²) in [5, 5.41) is 3.33. The first kappa shape index (κ1) is 16.7. The number of halogens is 2. The van der Waals surface area contributed by atoms with Gasteiger partial charge in [-0.25, -0.2) is 4.99 Å². The van der Waals surface area contributed by atoms with Crippen LogP contribution in [0.1, 0.15) is 5.56 Å². The average molecular weight is 482 g/mol. The maximum Gasteiger partial charge on any atom is 0.264 e. The van der Waals surface area contributed by atoms with Crippen molar-refractivity contribution < 1.29 is 14.3 Å². The monoisotopic (exact) mass is 480 g/mol. The van der Waals surface area contributed by atoms with Crippen LogP contribution in [0.2, 0.25) is 0 Å². The molecule has 0 unspecified atom stereocenters. The van der Waals surface area contributed by atoms with Crippen molar-refractivity contribution in [2.75, 3.05) is 6.79 Å². The Hall–Kier alpha value is -1.77. The second-order valence-corrected chi connectivity index (χ2v) is 7.99. The highest BCUT2D eigenvalue weighted by molar-refractivity contribution is 9.10. The third-order valence-electron chi connectivity index (χ3n) is 3.49. The molecule has 1 fully saturated rings. The van der Waals surface area contributed by atoms with E-state index in [1.807, 2.05) is 36.4 Å². The number of benzene rings is 2. The molecule has 0 atom stereocenters. The summed E-state index contributed by atoms with van der Waals surface area (Å²) in [6.45, 7) is 0.209. The Morgan fingerprint density at radius 3 is 2.60 bits per heavy atom. The molecule has 2 heterocycles. The van der Waals surface area contributed by atoms with E-state index in [9.17, 15) is 4.79 Å². The average Bonchev–Trinajstić information content (AvgIpc) is 3.16. The van der Waals surface area contributed by atoms with E-state index in [2.05, 4.69) is 42.2 Å². The van der Waals surface area contributed by atoms with Crippen LogP contribution in [-0.4, -0.2) is 17.9 Å². The highest BCUT2D eigenvalue weighted by atomic mass is 79.9. The lowest BCUT2D eigenvalue weighted by atomic mass is 10.2. The minimum absolute atomic E-state index is 0.176. The van der Waals surface area contributed by atoms with Crippen LogP contribution in [0.5, 0.6) is 11.5 Å². The predicted octanol–water partition coefficient (Wildman–Crippen LogP) is 4.83. The van der Waals surface area contributed by atoms with Crippen molar-refractivity contribution in [3.63, 3.8) is 0 Å². The molecule has 25 heavy (non-hydrogen) atoms. The number of hydrogen-bond donors (Lipinski definition) is 1. The first-order chi connectivity index (χ1) is 12.1. The molecule has 0 saturated carbocycles. The second-order valence-electron chi connectivity index (χ2n) is 5.19. The molecule has 0 aromatic heterocycles. The molecule has 0 aliphatic carbocycles. The van der Waals surface area contributed by atoms with Crippen molar-refractivity contribution in [2.45, 2.75) is 0 Å². The number of nitrogens with one attached hydrogen (secondary N) is 1. The number of hydrogen-bond acceptors (Lipinski definition) is 5. The molecule has 0 spiro atoms. The highest BCUT2D eigenvalue weighted by Crippen LogP contribution is 2.39. The van der Waals surface area contributed by atoms with Gasteiger partial charge in [-0.1, -0.05) is 31.9 Å². The molecule has 2 aliphatic heterocycles. The quantitative estimate of drug-likeness (QED) is 0.624. The number of amidine groups is 1. The number of carbonyl (C=O) groups excluding carboxylic acids is 1. The Balaban J connectivity index is 1.60. The van der Waals surface area contributed by atoms with Gasteiger partial charge in [0, 0.05) is 8.95 Å². The van der Waals surface area contributed by atoms with Crippen LogP contribution in [0.15, 0.2) is 55.2 Å². The molecule has 0 bridgehead atoms. The van der Waals surface area contributed by atoms with Gasteiger partial charge in [-0.05, 0) is 59.8 Å². The zero-order valence-corrected chi connectivity index (χ0v) is 16.6. The first-order valence-electron chi connectivity index (χ1n) is 7.23. The van der Waals surface area contributed by atoms with Gasteiger partial charge in [-0.3, -0.25) is 4.79 Å². The van der Waals surface area contributed by atoms with E-state index in [-0.39, 0.29) is 12.7 Å². The van der Waals surface area contributed by atoms with Crippen LogP contribution >= 0.6 is 43.6 Å². The van der Waals surface area contributed by atoms with Gasteiger partial charge in [-0.2, -0.15) is 0 Å². The molecular weight excluding hydrogens is 472 g/mol. The summed E-state index contributed by atoms with van der Waals surface area (Å²) in [6.07, 6.45) is 1.80. The Morgan fingerprint density at radius 2 is 1.84 bits per heavy atom. The van der Waals surface area contributed by atoms with Gasteiger partial charge in [0.1, 0.15) is 0 Å². The summed E-state index contributed by atoms with van der Waals surface area (Å²) < 4.78 is 12.5. The van der Waals surface area contributed by atoms with Crippen LogP contribution in [-0.2, 0) is 4.79 Å². The van der Waals surface area contributed by atoms with E-state index < -0.39 is 0 Å². The fourth-order valence-corrected chi connectivity index (χ4v) is 3.83. The summed E-state index contributed by atoms with van der Waals surface area (Å²) in [6, 6.07) is 11.2. The van der Waals surface area contributed by atoms with Gasteiger partial charge < -0.3 is 14.8 Å². The molecular formula is C17H10Br2N2O3S. The minimum Gasteiger partial charge on any atom is -0.454 e. The number of rotatable bonds is 2. The third-order valence-corrected chi connectivity index (χ3v) is 5.61. The lowest BCUT2D eigenvalue weighted by Gasteiger charge is -2.02. The highest BCUT2D eigenvalue weighted by Gasteiger charge is 2.25. The Labute approximate surface area is 164 Å². The van der Waals surface area contributed by atoms with E-state index in [0.29, 0.717) is 21.6 Å². The van der Waals surface area contributed by atoms with Gasteiger partial charge in [-0.15, -0.1) is 0 Å². The minimum atomic E-state index is -0.176. The summed E-state index contributed by atoms with van der Waals surface area (Å²) in [5.41, 5.74) is 1.61. The number of fused-ring (bicyclic) bond motifs is 1. The number of amides is 1. The molecule has 2 aromatic carbocycles. The van der Waals surface area contributed by atoms with Crippen molar-refractivity contribution in [1.82, 2.24) is 5.32 Å². The summed E-state index contributed by atoms with van der Waals surface area (Å²) in [7, 11) is 0. The Kier molecular flexibility index (Phi) is 4.58. The maximum absolute atomic E-state index is 12.2. The lowest BCUT2D eigenvalue weighted by molar-refractivity contribution is -0.115. The largest absolute Gasteiger partial charge is 0.454 e. The number of aliphatic imine (C=N–C) groups is 1. The molecule has 1 N–H and O–H groups in total. The smallest absolute Gasteiger partial charge is 0.264 e. The lowest BCUT2D eigenvalue weighted by Crippen LogP contribution is -2.19. The van der Waals surface area contributed by atoms with Crippen LogP contribution in [0.4, 0.5) is 5.69 Å². The molecule has 2 aliphatic rings. The fourth-order valence-electron chi connectivity index (χ4n) is 2.30. The van der Waals surface area contributed by atoms with Gasteiger partial charge in [0.2, 0.25) is 6.79 Å². The zero-order valence-electron chi connectivity index (χ0n) is 12.6. The molecule has 2 aromatic rings. The van der Waals surface area contributed by atoms with Crippen LogP contribution in [0.3, 0.4) is 0 Å². The molecule has 4 rings (SSSR count). The summed E-state index contributed by atoms with van der Waals surface area (Å²) in [4.78, 5) is 17.2. The second kappa shape index (κ2) is 6.86. The van der Waals surface area contributed by atoms with Gasteiger partial charge >= 0.3 is 0 Å². The maximum atomic E-state index is 12.2. The predicted molar refractivity (Wildman–Crippen MR) is 105 cm³/mol. The third kappa shape index (κ3) is 3.61. The normalized spacial score (nSPS) is 18.9. The van der Waals surface area contributed by atoms with E-state index in [1.165, 1.54) is 11.8 Å². The molecule has 5 nitrogen and oxygen atoms in total. The van der Waals surface area contributed by atoms with Crippen molar-refractivity contribution in [3.8, 4) is 11.5 Å². The first-order valence-corrected chi connectivity index (χ1v) is 9.63. The van der Waals surface area contributed by atoms with Crippen molar-refractivity contribution >= 4 is 66.5 Å². The van der Waals surface area contributed by atoms with Gasteiger partial charge in [0.15, 0.2) is 16.7 Å². The topological polar surface area (TPSA) is 59.9 Å². The van der Waals surface area contributed by atoms with Gasteiger partial charge in [0.25, 0.3) is 5.91 Å². The molecule has 0 radical (unpaired) electrons. The van der Waals surface area contributed by atoms with E-state index >= 15 is 0 Å². The number of ether oxygens (including phenoxy) is 2. The number of carbonyl (C=O) groups is 1. The molecule has 8 heteroatoms. The van der Waals surface area contributed by atoms with Crippen molar-refractivity contribution in [3.05, 3.63) is 55.8 Å².